The van der Waals surface area contributed by atoms with Gasteiger partial charge in [0.15, 0.2) is 0 Å². The molecule has 1 aliphatic heterocycles. The molecule has 6 rings (SSSR count). The van der Waals surface area contributed by atoms with Crippen molar-refractivity contribution >= 4 is 23.3 Å². The Labute approximate surface area is 214 Å². The minimum absolute atomic E-state index is 0.0237. The molecule has 0 spiro atoms. The maximum Gasteiger partial charge on any atom is 0.319 e. The van der Waals surface area contributed by atoms with Crippen LogP contribution in [0.15, 0.2) is 59.5 Å². The standard InChI is InChI=1S/C28H30N6O3/c35-27(26-23-3-1-2-4-24(23)32-37-26)34-14-10-21(11-15-34)20-5-7-22(8-6-20)31-28(36)30-18-19-9-13-33-16-12-29-25(33)17-19/h5-9,12-13,16-17,21H,1-4,10-11,14-15,18H2,(H2,30,31,36). The second-order valence-corrected chi connectivity index (χ2v) is 9.87. The van der Waals surface area contributed by atoms with Crippen molar-refractivity contribution in [2.45, 2.75) is 51.0 Å². The number of nitrogens with zero attached hydrogens (tertiary/aromatic N) is 4. The number of urea groups is 1. The summed E-state index contributed by atoms with van der Waals surface area (Å²) in [5, 5.41) is 9.93. The number of hydrogen-bond acceptors (Lipinski definition) is 5. The highest BCUT2D eigenvalue weighted by Gasteiger charge is 2.30. The van der Waals surface area contributed by atoms with Crippen molar-refractivity contribution in [2.24, 2.45) is 0 Å². The Morgan fingerprint density at radius 1 is 1.03 bits per heavy atom. The molecule has 9 heteroatoms. The number of aryl methyl sites for hydroxylation is 1. The van der Waals surface area contributed by atoms with Crippen LogP contribution in [0.2, 0.25) is 0 Å². The lowest BCUT2D eigenvalue weighted by molar-refractivity contribution is 0.0669. The Balaban J connectivity index is 0.994. The summed E-state index contributed by atoms with van der Waals surface area (Å²) in [5.41, 5.74) is 5.78. The highest BCUT2D eigenvalue weighted by atomic mass is 16.5. The molecular formula is C28H30N6O3. The summed E-state index contributed by atoms with van der Waals surface area (Å²) in [6, 6.07) is 11.7. The minimum atomic E-state index is -0.252. The first kappa shape index (κ1) is 23.3. The summed E-state index contributed by atoms with van der Waals surface area (Å²) < 4.78 is 7.39. The molecule has 2 N–H and O–H groups in total. The van der Waals surface area contributed by atoms with Gasteiger partial charge in [-0.2, -0.15) is 0 Å². The predicted molar refractivity (Wildman–Crippen MR) is 139 cm³/mol. The number of carbonyl (C=O) groups is 2. The fourth-order valence-electron chi connectivity index (χ4n) is 5.38. The van der Waals surface area contributed by atoms with Gasteiger partial charge in [-0.1, -0.05) is 17.3 Å². The van der Waals surface area contributed by atoms with Gasteiger partial charge in [0.2, 0.25) is 5.76 Å². The normalized spacial score (nSPS) is 15.9. The Morgan fingerprint density at radius 3 is 2.68 bits per heavy atom. The molecule has 4 heterocycles. The first-order chi connectivity index (χ1) is 18.1. The van der Waals surface area contributed by atoms with Gasteiger partial charge in [0.25, 0.3) is 5.91 Å². The Kier molecular flexibility index (Phi) is 6.34. The molecule has 0 atom stereocenters. The third kappa shape index (κ3) is 4.94. The number of nitrogens with one attached hydrogen (secondary N) is 2. The predicted octanol–water partition coefficient (Wildman–Crippen LogP) is 4.54. The summed E-state index contributed by atoms with van der Waals surface area (Å²) in [6.07, 6.45) is 11.3. The maximum absolute atomic E-state index is 13.1. The van der Waals surface area contributed by atoms with Crippen molar-refractivity contribution in [3.05, 3.63) is 83.1 Å². The van der Waals surface area contributed by atoms with E-state index in [1.807, 2.05) is 46.0 Å². The Morgan fingerprint density at radius 2 is 1.84 bits per heavy atom. The Hall–Kier alpha value is -4.14. The smallest absolute Gasteiger partial charge is 0.319 e. The number of amides is 3. The van der Waals surface area contributed by atoms with Gasteiger partial charge in [0.1, 0.15) is 5.65 Å². The number of rotatable bonds is 5. The number of likely N-dealkylation sites (tertiary alicyclic amines) is 1. The van der Waals surface area contributed by atoms with E-state index in [1.165, 1.54) is 5.56 Å². The molecule has 1 aromatic carbocycles. The van der Waals surface area contributed by atoms with Gasteiger partial charge < -0.3 is 24.5 Å². The number of hydrogen-bond donors (Lipinski definition) is 2. The van der Waals surface area contributed by atoms with Crippen molar-refractivity contribution in [3.8, 4) is 0 Å². The zero-order valence-electron chi connectivity index (χ0n) is 20.7. The number of anilines is 1. The monoisotopic (exact) mass is 498 g/mol. The van der Waals surface area contributed by atoms with E-state index in [-0.39, 0.29) is 11.9 Å². The molecule has 1 aliphatic carbocycles. The zero-order chi connectivity index (χ0) is 25.2. The van der Waals surface area contributed by atoms with E-state index < -0.39 is 0 Å². The van der Waals surface area contributed by atoms with E-state index in [2.05, 4.69) is 32.9 Å². The molecule has 3 amide bonds. The Bertz CT molecular complexity index is 1420. The summed E-state index contributed by atoms with van der Waals surface area (Å²) in [6.45, 7) is 1.82. The number of aromatic nitrogens is 3. The van der Waals surface area contributed by atoms with Crippen molar-refractivity contribution < 1.29 is 14.1 Å². The SMILES string of the molecule is O=C(NCc1ccn2ccnc2c1)Nc1ccc(C2CCN(C(=O)c3onc4c3CCCC4)CC2)cc1. The molecule has 0 saturated carbocycles. The number of benzene rings is 1. The molecule has 190 valence electrons. The van der Waals surface area contributed by atoms with E-state index in [9.17, 15) is 9.59 Å². The van der Waals surface area contributed by atoms with Crippen LogP contribution in [0.25, 0.3) is 5.65 Å². The summed E-state index contributed by atoms with van der Waals surface area (Å²) in [7, 11) is 0. The molecule has 1 fully saturated rings. The zero-order valence-corrected chi connectivity index (χ0v) is 20.7. The van der Waals surface area contributed by atoms with Crippen LogP contribution in [0.5, 0.6) is 0 Å². The van der Waals surface area contributed by atoms with Crippen molar-refractivity contribution in [2.75, 3.05) is 18.4 Å². The quantitative estimate of drug-likeness (QED) is 0.420. The average molecular weight is 499 g/mol. The number of pyridine rings is 1. The third-order valence-electron chi connectivity index (χ3n) is 7.49. The first-order valence-corrected chi connectivity index (χ1v) is 13.0. The summed E-state index contributed by atoms with van der Waals surface area (Å²) >= 11 is 0. The van der Waals surface area contributed by atoms with E-state index in [4.69, 9.17) is 4.52 Å². The average Bonchev–Trinajstić information content (AvgIpc) is 3.59. The number of fused-ring (bicyclic) bond motifs is 2. The van der Waals surface area contributed by atoms with Crippen LogP contribution in [0.3, 0.4) is 0 Å². The van der Waals surface area contributed by atoms with E-state index in [0.717, 1.165) is 66.7 Å². The summed E-state index contributed by atoms with van der Waals surface area (Å²) in [5.74, 6) is 0.807. The van der Waals surface area contributed by atoms with E-state index in [0.29, 0.717) is 31.3 Å². The minimum Gasteiger partial charge on any atom is -0.350 e. The van der Waals surface area contributed by atoms with Crippen LogP contribution in [0.4, 0.5) is 10.5 Å². The number of carbonyl (C=O) groups excluding carboxylic acids is 2. The molecule has 0 bridgehead atoms. The number of piperidine rings is 1. The lowest BCUT2D eigenvalue weighted by atomic mass is 9.89. The first-order valence-electron chi connectivity index (χ1n) is 13.0. The molecular weight excluding hydrogens is 468 g/mol. The molecule has 0 radical (unpaired) electrons. The lowest BCUT2D eigenvalue weighted by Crippen LogP contribution is -2.38. The fourth-order valence-corrected chi connectivity index (χ4v) is 5.38. The second kappa shape index (κ2) is 10.1. The third-order valence-corrected chi connectivity index (χ3v) is 7.49. The van der Waals surface area contributed by atoms with Gasteiger partial charge in [-0.25, -0.2) is 9.78 Å². The van der Waals surface area contributed by atoms with Crippen LogP contribution < -0.4 is 10.6 Å². The van der Waals surface area contributed by atoms with Gasteiger partial charge >= 0.3 is 6.03 Å². The van der Waals surface area contributed by atoms with Crippen LogP contribution >= 0.6 is 0 Å². The molecule has 3 aromatic heterocycles. The molecule has 0 unspecified atom stereocenters. The van der Waals surface area contributed by atoms with Crippen LogP contribution in [0, 0.1) is 0 Å². The van der Waals surface area contributed by atoms with E-state index in [1.54, 1.807) is 6.20 Å². The molecule has 2 aliphatic rings. The van der Waals surface area contributed by atoms with Crippen LogP contribution in [-0.2, 0) is 19.4 Å². The molecule has 37 heavy (non-hydrogen) atoms. The van der Waals surface area contributed by atoms with Crippen molar-refractivity contribution in [1.82, 2.24) is 24.8 Å². The maximum atomic E-state index is 13.1. The van der Waals surface area contributed by atoms with Crippen LogP contribution in [-0.4, -0.2) is 44.5 Å². The highest BCUT2D eigenvalue weighted by molar-refractivity contribution is 5.93. The topological polar surface area (TPSA) is 105 Å². The van der Waals surface area contributed by atoms with Crippen LogP contribution in [0.1, 0.15) is 64.5 Å². The van der Waals surface area contributed by atoms with Crippen molar-refractivity contribution in [3.63, 3.8) is 0 Å². The van der Waals surface area contributed by atoms with Gasteiger partial charge in [-0.3, -0.25) is 4.79 Å². The van der Waals surface area contributed by atoms with Crippen molar-refractivity contribution in [1.29, 1.82) is 0 Å². The second-order valence-electron chi connectivity index (χ2n) is 9.87. The van der Waals surface area contributed by atoms with Gasteiger partial charge in [0, 0.05) is 49.5 Å². The summed E-state index contributed by atoms with van der Waals surface area (Å²) in [4.78, 5) is 31.6. The molecule has 4 aromatic rings. The van der Waals surface area contributed by atoms with E-state index >= 15 is 0 Å². The fraction of sp³-hybridized carbons (Fsp3) is 0.357. The molecule has 9 nitrogen and oxygen atoms in total. The largest absolute Gasteiger partial charge is 0.350 e. The van der Waals surface area contributed by atoms with Gasteiger partial charge in [0.05, 0.1) is 5.69 Å². The van der Waals surface area contributed by atoms with Gasteiger partial charge in [-0.15, -0.1) is 0 Å². The number of imidazole rings is 1. The lowest BCUT2D eigenvalue weighted by Gasteiger charge is -2.32. The van der Waals surface area contributed by atoms with Gasteiger partial charge in [-0.05, 0) is 79.8 Å². The molecule has 1 saturated heterocycles. The highest BCUT2D eigenvalue weighted by Crippen LogP contribution is 2.31.